The molecule has 0 rings (SSSR count). The normalized spacial score (nSPS) is 15.4. The summed E-state index contributed by atoms with van der Waals surface area (Å²) >= 11 is 0. The van der Waals surface area contributed by atoms with Crippen molar-refractivity contribution in [1.82, 2.24) is 0 Å². The molecule has 0 amide bonds. The molecule has 0 bridgehead atoms. The van der Waals surface area contributed by atoms with Crippen LogP contribution < -0.4 is 5.73 Å². The van der Waals surface area contributed by atoms with Crippen LogP contribution >= 0.6 is 0 Å². The van der Waals surface area contributed by atoms with Gasteiger partial charge < -0.3 is 5.73 Å². The highest BCUT2D eigenvalue weighted by molar-refractivity contribution is 5.81. The highest BCUT2D eigenvalue weighted by Gasteiger charge is 2.19. The largest absolute Gasteiger partial charge is 0.326 e. The van der Waals surface area contributed by atoms with Crippen molar-refractivity contribution in [3.05, 3.63) is 0 Å². The highest BCUT2D eigenvalue weighted by atomic mass is 16.1. The van der Waals surface area contributed by atoms with Gasteiger partial charge in [0.2, 0.25) is 0 Å². The second-order valence-corrected chi connectivity index (χ2v) is 2.29. The average molecular weight is 140 g/mol. The number of hydrogen-bond donors (Lipinski definition) is 1. The Morgan fingerprint density at radius 2 is 2.30 bits per heavy atom. The number of ketones is 1. The average Bonchev–Trinajstić information content (AvgIpc) is 1.88. The Bertz CT molecular complexity index is 159. The van der Waals surface area contributed by atoms with Crippen LogP contribution in [-0.4, -0.2) is 11.8 Å². The van der Waals surface area contributed by atoms with E-state index in [1.165, 1.54) is 6.92 Å². The molecule has 10 heavy (non-hydrogen) atoms. The van der Waals surface area contributed by atoms with Gasteiger partial charge in [-0.25, -0.2) is 0 Å². The smallest absolute Gasteiger partial charge is 0.148 e. The molecule has 3 heteroatoms. The van der Waals surface area contributed by atoms with Crippen molar-refractivity contribution < 1.29 is 4.79 Å². The number of Topliss-reactive ketones (excluding diaryl/α,β-unsaturated/α-hetero) is 1. The number of hydrogen-bond acceptors (Lipinski definition) is 3. The predicted molar refractivity (Wildman–Crippen MR) is 38.1 cm³/mol. The fourth-order valence-electron chi connectivity index (χ4n) is 0.724. The van der Waals surface area contributed by atoms with Crippen molar-refractivity contribution in [2.24, 2.45) is 11.7 Å². The van der Waals surface area contributed by atoms with Gasteiger partial charge in [-0.05, 0) is 13.3 Å². The molecule has 0 heterocycles. The van der Waals surface area contributed by atoms with Crippen molar-refractivity contribution >= 4 is 5.78 Å². The number of nitriles is 1. The fraction of sp³-hybridized carbons (Fsp3) is 0.714. The van der Waals surface area contributed by atoms with Crippen LogP contribution in [0.2, 0.25) is 0 Å². The molecule has 56 valence electrons. The standard InChI is InChI=1S/C7H12N2O/c1-3-7(9)6(4-8)5(2)10/h6-7H,3,9H2,1-2H3/t6-,7?/m0/s1. The maximum Gasteiger partial charge on any atom is 0.148 e. The summed E-state index contributed by atoms with van der Waals surface area (Å²) in [6.07, 6.45) is 0.664. The third-order valence-corrected chi connectivity index (χ3v) is 1.48. The predicted octanol–water partition coefficient (Wildman–Crippen LogP) is 0.452. The Hall–Kier alpha value is -0.880. The lowest BCUT2D eigenvalue weighted by Crippen LogP contribution is -2.32. The summed E-state index contributed by atoms with van der Waals surface area (Å²) in [7, 11) is 0. The van der Waals surface area contributed by atoms with E-state index in [1.807, 2.05) is 13.0 Å². The van der Waals surface area contributed by atoms with Crippen molar-refractivity contribution in [2.45, 2.75) is 26.3 Å². The molecule has 0 aromatic heterocycles. The maximum absolute atomic E-state index is 10.7. The molecule has 0 saturated heterocycles. The number of carbonyl (C=O) groups is 1. The summed E-state index contributed by atoms with van der Waals surface area (Å²) in [5, 5.41) is 8.45. The fourth-order valence-corrected chi connectivity index (χ4v) is 0.724. The lowest BCUT2D eigenvalue weighted by Gasteiger charge is -2.11. The van der Waals surface area contributed by atoms with Gasteiger partial charge in [-0.2, -0.15) is 5.26 Å². The van der Waals surface area contributed by atoms with Gasteiger partial charge in [0.1, 0.15) is 11.7 Å². The molecule has 0 aromatic rings. The van der Waals surface area contributed by atoms with Gasteiger partial charge >= 0.3 is 0 Å². The molecule has 0 aliphatic heterocycles. The van der Waals surface area contributed by atoms with E-state index >= 15 is 0 Å². The lowest BCUT2D eigenvalue weighted by atomic mass is 9.96. The Kier molecular flexibility index (Phi) is 3.67. The molecule has 0 aliphatic carbocycles. The molecule has 0 spiro atoms. The highest BCUT2D eigenvalue weighted by Crippen LogP contribution is 2.04. The Morgan fingerprint density at radius 1 is 1.80 bits per heavy atom. The van der Waals surface area contributed by atoms with Crippen molar-refractivity contribution in [3.8, 4) is 6.07 Å². The van der Waals surface area contributed by atoms with Crippen molar-refractivity contribution in [1.29, 1.82) is 5.26 Å². The van der Waals surface area contributed by atoms with Crippen LogP contribution in [0.5, 0.6) is 0 Å². The van der Waals surface area contributed by atoms with Gasteiger partial charge in [-0.1, -0.05) is 6.92 Å². The molecule has 2 N–H and O–H groups in total. The van der Waals surface area contributed by atoms with Crippen LogP contribution in [-0.2, 0) is 4.79 Å². The van der Waals surface area contributed by atoms with Crippen LogP contribution in [0.4, 0.5) is 0 Å². The third-order valence-electron chi connectivity index (χ3n) is 1.48. The van der Waals surface area contributed by atoms with Gasteiger partial charge in [0.25, 0.3) is 0 Å². The van der Waals surface area contributed by atoms with Gasteiger partial charge in [0.15, 0.2) is 0 Å². The van der Waals surface area contributed by atoms with Crippen LogP contribution in [0.15, 0.2) is 0 Å². The van der Waals surface area contributed by atoms with Gasteiger partial charge in [0, 0.05) is 6.04 Å². The number of rotatable bonds is 3. The molecule has 1 unspecified atom stereocenters. The topological polar surface area (TPSA) is 66.9 Å². The first kappa shape index (κ1) is 9.12. The molecule has 3 nitrogen and oxygen atoms in total. The number of nitrogens with zero attached hydrogens (tertiary/aromatic N) is 1. The van der Waals surface area contributed by atoms with E-state index in [1.54, 1.807) is 0 Å². The number of nitrogens with two attached hydrogens (primary N) is 1. The van der Waals surface area contributed by atoms with Gasteiger partial charge in [0.05, 0.1) is 6.07 Å². The molecule has 0 saturated carbocycles. The SMILES string of the molecule is CCC(N)[C@@H](C#N)C(C)=O. The molecular weight excluding hydrogens is 128 g/mol. The molecule has 2 atom stereocenters. The second-order valence-electron chi connectivity index (χ2n) is 2.29. The van der Waals surface area contributed by atoms with Crippen molar-refractivity contribution in [2.75, 3.05) is 0 Å². The minimum atomic E-state index is -0.620. The summed E-state index contributed by atoms with van der Waals surface area (Å²) < 4.78 is 0. The molecule has 0 radical (unpaired) electrons. The van der Waals surface area contributed by atoms with Crippen LogP contribution in [0, 0.1) is 17.2 Å². The second kappa shape index (κ2) is 4.02. The first-order valence-electron chi connectivity index (χ1n) is 3.29. The zero-order valence-corrected chi connectivity index (χ0v) is 6.29. The quantitative estimate of drug-likeness (QED) is 0.619. The summed E-state index contributed by atoms with van der Waals surface area (Å²) in [6.45, 7) is 3.25. The van der Waals surface area contributed by atoms with E-state index in [0.717, 1.165) is 0 Å². The van der Waals surface area contributed by atoms with Crippen LogP contribution in [0.3, 0.4) is 0 Å². The van der Waals surface area contributed by atoms with Crippen LogP contribution in [0.25, 0.3) is 0 Å². The molecular formula is C7H12N2O. The van der Waals surface area contributed by atoms with Gasteiger partial charge in [-0.3, -0.25) is 4.79 Å². The monoisotopic (exact) mass is 140 g/mol. The molecule has 0 aromatic carbocycles. The Balaban J connectivity index is 4.10. The zero-order valence-electron chi connectivity index (χ0n) is 6.29. The first-order valence-corrected chi connectivity index (χ1v) is 3.29. The summed E-state index contributed by atoms with van der Waals surface area (Å²) in [5.41, 5.74) is 5.49. The summed E-state index contributed by atoms with van der Waals surface area (Å²) in [6, 6.07) is 1.57. The lowest BCUT2D eigenvalue weighted by molar-refractivity contribution is -0.119. The minimum Gasteiger partial charge on any atom is -0.326 e. The van der Waals surface area contributed by atoms with Crippen LogP contribution in [0.1, 0.15) is 20.3 Å². The molecule has 0 aliphatic rings. The van der Waals surface area contributed by atoms with E-state index in [-0.39, 0.29) is 11.8 Å². The summed E-state index contributed by atoms with van der Waals surface area (Å²) in [5.74, 6) is -0.762. The Morgan fingerprint density at radius 3 is 2.40 bits per heavy atom. The molecule has 0 fully saturated rings. The van der Waals surface area contributed by atoms with E-state index in [4.69, 9.17) is 11.0 Å². The van der Waals surface area contributed by atoms with E-state index in [0.29, 0.717) is 6.42 Å². The Labute approximate surface area is 60.8 Å². The third kappa shape index (κ3) is 2.16. The van der Waals surface area contributed by atoms with E-state index in [2.05, 4.69) is 0 Å². The summed E-state index contributed by atoms with van der Waals surface area (Å²) in [4.78, 5) is 10.7. The maximum atomic E-state index is 10.7. The first-order chi connectivity index (χ1) is 4.63. The van der Waals surface area contributed by atoms with Crippen molar-refractivity contribution in [3.63, 3.8) is 0 Å². The zero-order chi connectivity index (χ0) is 8.15. The van der Waals surface area contributed by atoms with Gasteiger partial charge in [-0.15, -0.1) is 0 Å². The number of carbonyl (C=O) groups excluding carboxylic acids is 1. The van der Waals surface area contributed by atoms with E-state index in [9.17, 15) is 4.79 Å². The van der Waals surface area contributed by atoms with E-state index < -0.39 is 5.92 Å². The minimum absolute atomic E-state index is 0.142.